The molecule has 0 bridgehead atoms. The Balaban J connectivity index is 1.73. The van der Waals surface area contributed by atoms with Gasteiger partial charge in [-0.1, -0.05) is 6.07 Å². The topological polar surface area (TPSA) is 91.8 Å². The molecule has 0 spiro atoms. The van der Waals surface area contributed by atoms with Gasteiger partial charge in [0.25, 0.3) is 5.91 Å². The summed E-state index contributed by atoms with van der Waals surface area (Å²) in [5.41, 5.74) is 1.50. The molecule has 1 aliphatic heterocycles. The summed E-state index contributed by atoms with van der Waals surface area (Å²) in [4.78, 5) is 29.9. The van der Waals surface area contributed by atoms with Gasteiger partial charge in [0.15, 0.2) is 6.29 Å². The van der Waals surface area contributed by atoms with Gasteiger partial charge in [0.1, 0.15) is 18.1 Å². The highest BCUT2D eigenvalue weighted by Crippen LogP contribution is 2.26. The van der Waals surface area contributed by atoms with Gasteiger partial charge in [-0.15, -0.1) is 0 Å². The number of phenols is 1. The first kappa shape index (κ1) is 17.9. The minimum absolute atomic E-state index is 0.0980. The number of aryl methyl sites for hydroxylation is 1. The molecule has 1 atom stereocenters. The summed E-state index contributed by atoms with van der Waals surface area (Å²) in [5.74, 6) is 0.0760. The maximum absolute atomic E-state index is 12.8. The molecular weight excluding hydrogens is 334 g/mol. The van der Waals surface area contributed by atoms with E-state index in [1.807, 2.05) is 13.0 Å². The Bertz CT molecular complexity index is 792. The third kappa shape index (κ3) is 3.83. The average Bonchev–Trinajstić information content (AvgIpc) is 2.66. The van der Waals surface area contributed by atoms with Crippen molar-refractivity contribution in [2.24, 2.45) is 0 Å². The monoisotopic (exact) mass is 355 g/mol. The zero-order chi connectivity index (χ0) is 18.5. The summed E-state index contributed by atoms with van der Waals surface area (Å²) in [5, 5.41) is 13.0. The smallest absolute Gasteiger partial charge is 0.255 e. The van der Waals surface area contributed by atoms with Crippen LogP contribution in [0.1, 0.15) is 26.4 Å². The van der Waals surface area contributed by atoms with Crippen LogP contribution in [0, 0.1) is 6.92 Å². The zero-order valence-corrected chi connectivity index (χ0v) is 14.5. The van der Waals surface area contributed by atoms with E-state index in [1.54, 1.807) is 29.3 Å². The zero-order valence-electron chi connectivity index (χ0n) is 14.5. The lowest BCUT2D eigenvalue weighted by Gasteiger charge is -2.36. The Hall–Kier alpha value is -2.93. The molecular formula is C19H21N3O4. The maximum Gasteiger partial charge on any atom is 0.255 e. The number of aromatic nitrogens is 1. The first-order valence-corrected chi connectivity index (χ1v) is 8.44. The second-order valence-electron chi connectivity index (χ2n) is 6.16. The minimum Gasteiger partial charge on any atom is -0.507 e. The van der Waals surface area contributed by atoms with Crippen LogP contribution in [0.4, 0.5) is 0 Å². The molecule has 2 heterocycles. The number of piperazine rings is 1. The Kier molecular flexibility index (Phi) is 5.48. The van der Waals surface area contributed by atoms with Crippen molar-refractivity contribution >= 4 is 12.2 Å². The van der Waals surface area contributed by atoms with Gasteiger partial charge in [0, 0.05) is 31.5 Å². The fourth-order valence-corrected chi connectivity index (χ4v) is 2.90. The van der Waals surface area contributed by atoms with Crippen molar-refractivity contribution in [3.63, 3.8) is 0 Å². The molecule has 0 saturated carbocycles. The fourth-order valence-electron chi connectivity index (χ4n) is 2.90. The quantitative estimate of drug-likeness (QED) is 0.788. The number of aromatic hydroxyl groups is 1. The van der Waals surface area contributed by atoms with Crippen LogP contribution < -0.4 is 10.1 Å². The Morgan fingerprint density at radius 1 is 1.42 bits per heavy atom. The van der Waals surface area contributed by atoms with Crippen LogP contribution >= 0.6 is 0 Å². The fraction of sp³-hybridized carbons (Fsp3) is 0.316. The second-order valence-corrected chi connectivity index (χ2v) is 6.16. The highest BCUT2D eigenvalue weighted by molar-refractivity contribution is 5.94. The van der Waals surface area contributed by atoms with Gasteiger partial charge in [-0.3, -0.25) is 14.6 Å². The predicted octanol–water partition coefficient (Wildman–Crippen LogP) is 1.40. The number of pyridine rings is 1. The molecule has 136 valence electrons. The Morgan fingerprint density at radius 3 is 3.00 bits per heavy atom. The molecule has 0 aliphatic carbocycles. The number of hydrogen-bond acceptors (Lipinski definition) is 6. The van der Waals surface area contributed by atoms with Crippen molar-refractivity contribution in [1.29, 1.82) is 0 Å². The molecule has 26 heavy (non-hydrogen) atoms. The van der Waals surface area contributed by atoms with Gasteiger partial charge < -0.3 is 20.1 Å². The number of aldehydes is 1. The number of carbonyl (C=O) groups excluding carboxylic acids is 2. The van der Waals surface area contributed by atoms with Crippen LogP contribution in [-0.2, 0) is 0 Å². The van der Waals surface area contributed by atoms with E-state index in [9.17, 15) is 14.7 Å². The highest BCUT2D eigenvalue weighted by Gasteiger charge is 2.28. The third-order valence-electron chi connectivity index (χ3n) is 4.36. The highest BCUT2D eigenvalue weighted by atomic mass is 16.5. The van der Waals surface area contributed by atoms with E-state index >= 15 is 0 Å². The van der Waals surface area contributed by atoms with E-state index in [2.05, 4.69) is 10.3 Å². The number of carbonyl (C=O) groups is 2. The summed E-state index contributed by atoms with van der Waals surface area (Å²) in [7, 11) is 0. The number of hydrogen-bond donors (Lipinski definition) is 2. The van der Waals surface area contributed by atoms with E-state index in [0.29, 0.717) is 37.2 Å². The number of benzene rings is 1. The van der Waals surface area contributed by atoms with Gasteiger partial charge in [-0.05, 0) is 31.2 Å². The summed E-state index contributed by atoms with van der Waals surface area (Å²) < 4.78 is 5.74. The number of nitrogens with one attached hydrogen (secondary N) is 1. The molecule has 1 saturated heterocycles. The molecule has 1 fully saturated rings. The molecule has 1 aromatic heterocycles. The molecule has 0 radical (unpaired) electrons. The van der Waals surface area contributed by atoms with E-state index in [-0.39, 0.29) is 29.9 Å². The number of amides is 1. The standard InChI is InChI=1S/C19H21N3O4/c1-13-5-6-14(9-21-13)19(25)22-8-7-20-10-15(22)12-26-18-4-2-3-17(24)16(18)11-23/h2-6,9,11,15,20,24H,7-8,10,12H2,1H3/t15-/m0/s1. The summed E-state index contributed by atoms with van der Waals surface area (Å²) >= 11 is 0. The van der Waals surface area contributed by atoms with Crippen LogP contribution in [0.25, 0.3) is 0 Å². The molecule has 1 aromatic carbocycles. The van der Waals surface area contributed by atoms with Crippen LogP contribution in [0.15, 0.2) is 36.5 Å². The minimum atomic E-state index is -0.195. The van der Waals surface area contributed by atoms with Crippen molar-refractivity contribution in [3.8, 4) is 11.5 Å². The lowest BCUT2D eigenvalue weighted by Crippen LogP contribution is -2.55. The third-order valence-corrected chi connectivity index (χ3v) is 4.36. The molecule has 3 rings (SSSR count). The second kappa shape index (κ2) is 7.97. The van der Waals surface area contributed by atoms with E-state index in [4.69, 9.17) is 4.74 Å². The molecule has 0 unspecified atom stereocenters. The largest absolute Gasteiger partial charge is 0.507 e. The lowest BCUT2D eigenvalue weighted by atomic mass is 10.1. The molecule has 1 amide bonds. The first-order valence-electron chi connectivity index (χ1n) is 8.44. The Morgan fingerprint density at radius 2 is 2.27 bits per heavy atom. The molecule has 2 N–H and O–H groups in total. The normalized spacial score (nSPS) is 17.0. The maximum atomic E-state index is 12.8. The van der Waals surface area contributed by atoms with E-state index in [0.717, 1.165) is 5.69 Å². The number of phenolic OH excluding ortho intramolecular Hbond substituents is 1. The molecule has 7 heteroatoms. The van der Waals surface area contributed by atoms with Crippen LogP contribution in [-0.4, -0.2) is 59.5 Å². The summed E-state index contributed by atoms with van der Waals surface area (Å²) in [6.07, 6.45) is 2.14. The van der Waals surface area contributed by atoms with Crippen molar-refractivity contribution in [1.82, 2.24) is 15.2 Å². The number of nitrogens with zero attached hydrogens (tertiary/aromatic N) is 2. The first-order chi connectivity index (χ1) is 12.6. The van der Waals surface area contributed by atoms with Crippen LogP contribution in [0.3, 0.4) is 0 Å². The average molecular weight is 355 g/mol. The molecule has 2 aromatic rings. The lowest BCUT2D eigenvalue weighted by molar-refractivity contribution is 0.0557. The van der Waals surface area contributed by atoms with Gasteiger partial charge in [-0.25, -0.2) is 0 Å². The van der Waals surface area contributed by atoms with Crippen molar-refractivity contribution in [2.45, 2.75) is 13.0 Å². The van der Waals surface area contributed by atoms with Crippen molar-refractivity contribution < 1.29 is 19.4 Å². The molecule has 1 aliphatic rings. The van der Waals surface area contributed by atoms with E-state index < -0.39 is 0 Å². The Labute approximate surface area is 151 Å². The SMILES string of the molecule is Cc1ccc(C(=O)N2CCNC[C@H]2COc2cccc(O)c2C=O)cn1. The van der Waals surface area contributed by atoms with Crippen LogP contribution in [0.2, 0.25) is 0 Å². The number of ether oxygens (including phenoxy) is 1. The number of rotatable bonds is 5. The van der Waals surface area contributed by atoms with Gasteiger partial charge >= 0.3 is 0 Å². The van der Waals surface area contributed by atoms with Gasteiger partial charge in [0.05, 0.1) is 17.2 Å². The summed E-state index contributed by atoms with van der Waals surface area (Å²) in [6.45, 7) is 3.92. The van der Waals surface area contributed by atoms with Gasteiger partial charge in [0.2, 0.25) is 0 Å². The van der Waals surface area contributed by atoms with Crippen molar-refractivity contribution in [3.05, 3.63) is 53.3 Å². The van der Waals surface area contributed by atoms with Crippen LogP contribution in [0.5, 0.6) is 11.5 Å². The van der Waals surface area contributed by atoms with Gasteiger partial charge in [-0.2, -0.15) is 0 Å². The summed E-state index contributed by atoms with van der Waals surface area (Å²) in [6, 6.07) is 8.04. The van der Waals surface area contributed by atoms with E-state index in [1.165, 1.54) is 6.07 Å². The van der Waals surface area contributed by atoms with Crippen molar-refractivity contribution in [2.75, 3.05) is 26.2 Å². The molecule has 7 nitrogen and oxygen atoms in total. The predicted molar refractivity (Wildman–Crippen MR) is 95.7 cm³/mol.